The van der Waals surface area contributed by atoms with E-state index in [0.717, 1.165) is 61.1 Å². The van der Waals surface area contributed by atoms with Crippen molar-refractivity contribution in [2.75, 3.05) is 4.90 Å². The molecule has 0 fully saturated rings. The average molecular weight is 727 g/mol. The molecule has 0 saturated heterocycles. The highest BCUT2D eigenvalue weighted by Gasteiger charge is 2.27. The van der Waals surface area contributed by atoms with E-state index in [0.29, 0.717) is 0 Å². The molecular weight excluding hydrogens is 693 g/mol. The van der Waals surface area contributed by atoms with Gasteiger partial charge >= 0.3 is 0 Å². The number of fused-ring (bicyclic) bond motifs is 12. The second kappa shape index (κ2) is 12.5. The minimum absolute atomic E-state index is 0.847. The van der Waals surface area contributed by atoms with Crippen LogP contribution in [0.3, 0.4) is 0 Å². The Morgan fingerprint density at radius 2 is 0.912 bits per heavy atom. The lowest BCUT2D eigenvalue weighted by Crippen LogP contribution is -2.11. The van der Waals surface area contributed by atoms with Gasteiger partial charge in [-0.05, 0) is 98.0 Å². The van der Waals surface area contributed by atoms with E-state index in [-0.39, 0.29) is 0 Å². The van der Waals surface area contributed by atoms with E-state index >= 15 is 0 Å². The second-order valence-corrected chi connectivity index (χ2v) is 14.9. The van der Waals surface area contributed by atoms with Crippen molar-refractivity contribution in [1.82, 2.24) is 4.57 Å². The maximum atomic E-state index is 6.84. The van der Waals surface area contributed by atoms with Crippen molar-refractivity contribution in [3.05, 3.63) is 206 Å². The lowest BCUT2D eigenvalue weighted by Gasteiger charge is -2.28. The first-order valence-corrected chi connectivity index (χ1v) is 19.5. The lowest BCUT2D eigenvalue weighted by molar-refractivity contribution is 0.669. The monoisotopic (exact) mass is 726 g/mol. The van der Waals surface area contributed by atoms with Crippen LogP contribution in [0.15, 0.2) is 211 Å². The number of para-hydroxylation sites is 3. The molecule has 0 radical (unpaired) electrons. The summed E-state index contributed by atoms with van der Waals surface area (Å²) in [5.74, 6) is 0. The Bertz CT molecular complexity index is 3470. The van der Waals surface area contributed by atoms with Crippen LogP contribution >= 0.6 is 0 Å². The van der Waals surface area contributed by atoms with Gasteiger partial charge in [0.25, 0.3) is 0 Å². The number of benzene rings is 10. The number of furan rings is 1. The van der Waals surface area contributed by atoms with E-state index in [1.807, 2.05) is 0 Å². The van der Waals surface area contributed by atoms with Crippen molar-refractivity contribution in [3.63, 3.8) is 0 Å². The fraction of sp³-hybridized carbons (Fsp3) is 0. The molecule has 0 amide bonds. The number of hydrogen-bond acceptors (Lipinski definition) is 2. The Labute approximate surface area is 328 Å². The van der Waals surface area contributed by atoms with E-state index in [1.165, 1.54) is 48.8 Å². The first kappa shape index (κ1) is 31.7. The molecule has 0 bridgehead atoms. The fourth-order valence-electron chi connectivity index (χ4n) is 9.26. The molecule has 3 heteroatoms. The van der Waals surface area contributed by atoms with Gasteiger partial charge in [-0.1, -0.05) is 146 Å². The van der Waals surface area contributed by atoms with Crippen LogP contribution in [0, 0.1) is 0 Å². The topological polar surface area (TPSA) is 21.3 Å². The quantitative estimate of drug-likeness (QED) is 0.165. The SMILES string of the molecule is c1ccc(-c2ccc3c(c2)c2c(N(c4ccccc4)c4ccc5c6ccccc6c6ccccc6c5c4)c4c(cc2n3-c2ccccc2)oc2ccccc24)cc1. The summed E-state index contributed by atoms with van der Waals surface area (Å²) >= 11 is 0. The van der Waals surface area contributed by atoms with Crippen molar-refractivity contribution in [2.45, 2.75) is 0 Å². The van der Waals surface area contributed by atoms with Gasteiger partial charge in [0, 0.05) is 39.3 Å². The van der Waals surface area contributed by atoms with E-state index in [1.54, 1.807) is 0 Å². The van der Waals surface area contributed by atoms with E-state index in [2.05, 4.69) is 216 Å². The molecule has 2 aromatic heterocycles. The Morgan fingerprint density at radius 1 is 0.333 bits per heavy atom. The van der Waals surface area contributed by atoms with Crippen LogP contribution in [0.1, 0.15) is 0 Å². The lowest BCUT2D eigenvalue weighted by atomic mass is 9.93. The van der Waals surface area contributed by atoms with Crippen LogP contribution in [0.2, 0.25) is 0 Å². The molecule has 12 aromatic rings. The molecule has 2 heterocycles. The van der Waals surface area contributed by atoms with E-state index < -0.39 is 0 Å². The second-order valence-electron chi connectivity index (χ2n) is 14.9. The zero-order valence-corrected chi connectivity index (χ0v) is 30.9. The van der Waals surface area contributed by atoms with Gasteiger partial charge in [-0.15, -0.1) is 0 Å². The van der Waals surface area contributed by atoms with Gasteiger partial charge in [0.05, 0.1) is 22.1 Å². The summed E-state index contributed by atoms with van der Waals surface area (Å²) in [7, 11) is 0. The highest BCUT2D eigenvalue weighted by atomic mass is 16.3. The van der Waals surface area contributed by atoms with Crippen LogP contribution in [0.4, 0.5) is 17.1 Å². The normalized spacial score (nSPS) is 11.9. The zero-order chi connectivity index (χ0) is 37.5. The average Bonchev–Trinajstić information content (AvgIpc) is 3.82. The Hall–Kier alpha value is -7.62. The molecule has 0 aliphatic carbocycles. The van der Waals surface area contributed by atoms with Gasteiger partial charge in [0.2, 0.25) is 0 Å². The van der Waals surface area contributed by atoms with Gasteiger partial charge in [-0.2, -0.15) is 0 Å². The fourth-order valence-corrected chi connectivity index (χ4v) is 9.26. The number of aromatic nitrogens is 1. The maximum absolute atomic E-state index is 6.84. The highest BCUT2D eigenvalue weighted by molar-refractivity contribution is 6.29. The summed E-state index contributed by atoms with van der Waals surface area (Å²) in [4.78, 5) is 2.47. The first-order valence-electron chi connectivity index (χ1n) is 19.5. The number of nitrogens with zero attached hydrogens (tertiary/aromatic N) is 2. The van der Waals surface area contributed by atoms with Crippen molar-refractivity contribution >= 4 is 93.1 Å². The van der Waals surface area contributed by atoms with Gasteiger partial charge in [-0.3, -0.25) is 0 Å². The Balaban J connectivity index is 1.28. The Kier molecular flexibility index (Phi) is 6.93. The summed E-state index contributed by atoms with van der Waals surface area (Å²) in [6.45, 7) is 0. The zero-order valence-electron chi connectivity index (χ0n) is 30.9. The molecule has 0 N–H and O–H groups in total. The van der Waals surface area contributed by atoms with E-state index in [4.69, 9.17) is 4.42 Å². The van der Waals surface area contributed by atoms with Gasteiger partial charge < -0.3 is 13.9 Å². The van der Waals surface area contributed by atoms with Gasteiger partial charge in [0.1, 0.15) is 11.2 Å². The number of anilines is 3. The maximum Gasteiger partial charge on any atom is 0.139 e. The summed E-state index contributed by atoms with van der Waals surface area (Å²) in [6, 6.07) is 74.5. The molecule has 0 aliphatic rings. The molecule has 0 unspecified atom stereocenters. The smallest absolute Gasteiger partial charge is 0.139 e. The predicted molar refractivity (Wildman–Crippen MR) is 241 cm³/mol. The van der Waals surface area contributed by atoms with Crippen molar-refractivity contribution in [3.8, 4) is 16.8 Å². The highest BCUT2D eigenvalue weighted by Crippen LogP contribution is 2.51. The third kappa shape index (κ3) is 4.79. The minimum atomic E-state index is 0.847. The summed E-state index contributed by atoms with van der Waals surface area (Å²) < 4.78 is 9.24. The largest absolute Gasteiger partial charge is 0.456 e. The molecule has 57 heavy (non-hydrogen) atoms. The summed E-state index contributed by atoms with van der Waals surface area (Å²) in [5.41, 5.74) is 10.6. The molecular formula is C54H34N2O. The predicted octanol–water partition coefficient (Wildman–Crippen LogP) is 15.3. The molecule has 12 rings (SSSR count). The first-order chi connectivity index (χ1) is 28.3. The third-order valence-corrected chi connectivity index (χ3v) is 11.7. The van der Waals surface area contributed by atoms with Crippen LogP contribution < -0.4 is 4.90 Å². The van der Waals surface area contributed by atoms with Gasteiger partial charge in [-0.25, -0.2) is 0 Å². The molecule has 0 atom stereocenters. The van der Waals surface area contributed by atoms with Crippen molar-refractivity contribution in [1.29, 1.82) is 0 Å². The van der Waals surface area contributed by atoms with Crippen LogP contribution in [-0.4, -0.2) is 4.57 Å². The number of rotatable bonds is 5. The molecule has 0 aliphatic heterocycles. The van der Waals surface area contributed by atoms with Crippen molar-refractivity contribution in [2.24, 2.45) is 0 Å². The number of hydrogen-bond donors (Lipinski definition) is 0. The summed E-state index contributed by atoms with van der Waals surface area (Å²) in [5, 5.41) is 12.0. The van der Waals surface area contributed by atoms with Crippen molar-refractivity contribution < 1.29 is 4.42 Å². The molecule has 0 spiro atoms. The third-order valence-electron chi connectivity index (χ3n) is 11.7. The molecule has 3 nitrogen and oxygen atoms in total. The standard InChI is InChI=1S/C54H34N2O/c1-4-16-35(17-5-1)36-28-31-48-47(32-36)52-49(56(48)38-20-8-3-9-21-38)34-51-53(45-26-14-15-27-50(45)57-51)54(52)55(37-18-6-2-7-19-37)39-29-30-44-42-24-11-10-22-40(42)41-23-12-13-25-43(41)46(44)33-39/h1-34H. The molecule has 266 valence electrons. The van der Waals surface area contributed by atoms with Crippen LogP contribution in [-0.2, 0) is 0 Å². The molecule has 10 aromatic carbocycles. The Morgan fingerprint density at radius 3 is 1.61 bits per heavy atom. The van der Waals surface area contributed by atoms with Gasteiger partial charge in [0.15, 0.2) is 0 Å². The van der Waals surface area contributed by atoms with Crippen LogP contribution in [0.5, 0.6) is 0 Å². The van der Waals surface area contributed by atoms with E-state index in [9.17, 15) is 0 Å². The minimum Gasteiger partial charge on any atom is -0.456 e. The summed E-state index contributed by atoms with van der Waals surface area (Å²) in [6.07, 6.45) is 0. The molecule has 0 saturated carbocycles. The van der Waals surface area contributed by atoms with Crippen LogP contribution in [0.25, 0.3) is 92.9 Å².